The van der Waals surface area contributed by atoms with E-state index in [9.17, 15) is 4.79 Å². The third kappa shape index (κ3) is 3.44. The standard InChI is InChI=1S/C25H29NO3/c1-28-21-7-6-19-16-25(24(27)23(19)14-21)15-18-5-8-22(13-20(18)17-25)29-12-11-26-9-3-2-4-10-26/h5-8,13-14H,2-4,9-12,15-17H2,1H3. The third-order valence-electron chi connectivity index (χ3n) is 6.93. The molecule has 0 bridgehead atoms. The molecule has 0 amide bonds. The lowest BCUT2D eigenvalue weighted by Gasteiger charge is -2.26. The largest absolute Gasteiger partial charge is 0.497 e. The van der Waals surface area contributed by atoms with E-state index in [1.54, 1.807) is 7.11 Å². The second-order valence-corrected chi connectivity index (χ2v) is 8.84. The quantitative estimate of drug-likeness (QED) is 0.770. The van der Waals surface area contributed by atoms with Crippen molar-refractivity contribution in [1.29, 1.82) is 0 Å². The van der Waals surface area contributed by atoms with Crippen molar-refractivity contribution in [3.8, 4) is 11.5 Å². The highest BCUT2D eigenvalue weighted by molar-refractivity contribution is 6.06. The van der Waals surface area contributed by atoms with E-state index in [2.05, 4.69) is 29.2 Å². The van der Waals surface area contributed by atoms with Crippen LogP contribution in [-0.4, -0.2) is 44.0 Å². The molecule has 1 unspecified atom stereocenters. The number of benzene rings is 2. The van der Waals surface area contributed by atoms with Crippen molar-refractivity contribution in [3.05, 3.63) is 58.7 Å². The molecule has 3 aliphatic rings. The van der Waals surface area contributed by atoms with Gasteiger partial charge in [0.1, 0.15) is 18.1 Å². The van der Waals surface area contributed by atoms with Gasteiger partial charge in [-0.3, -0.25) is 9.69 Å². The fraction of sp³-hybridized carbons (Fsp3) is 0.480. The first-order chi connectivity index (χ1) is 14.2. The van der Waals surface area contributed by atoms with Crippen LogP contribution in [0, 0.1) is 5.41 Å². The number of fused-ring (bicyclic) bond motifs is 2. The Bertz CT molecular complexity index is 932. The Morgan fingerprint density at radius 3 is 2.45 bits per heavy atom. The number of piperidine rings is 1. The first-order valence-corrected chi connectivity index (χ1v) is 10.9. The average Bonchev–Trinajstić information content (AvgIpc) is 3.25. The summed E-state index contributed by atoms with van der Waals surface area (Å²) < 4.78 is 11.4. The van der Waals surface area contributed by atoms with Gasteiger partial charge in [0, 0.05) is 17.5 Å². The maximum atomic E-state index is 13.3. The minimum absolute atomic E-state index is 0.273. The first-order valence-electron chi connectivity index (χ1n) is 10.9. The predicted octanol–water partition coefficient (Wildman–Crippen LogP) is 4.08. The Balaban J connectivity index is 1.27. The Morgan fingerprint density at radius 2 is 1.62 bits per heavy atom. The van der Waals surface area contributed by atoms with Gasteiger partial charge in [-0.1, -0.05) is 18.6 Å². The second-order valence-electron chi connectivity index (χ2n) is 8.84. The van der Waals surface area contributed by atoms with Crippen LogP contribution < -0.4 is 9.47 Å². The number of hydrogen-bond acceptors (Lipinski definition) is 4. The number of nitrogens with zero attached hydrogens (tertiary/aromatic N) is 1. The van der Waals surface area contributed by atoms with E-state index in [0.29, 0.717) is 0 Å². The van der Waals surface area contributed by atoms with Crippen LogP contribution in [0.3, 0.4) is 0 Å². The molecule has 1 atom stereocenters. The molecule has 29 heavy (non-hydrogen) atoms. The van der Waals surface area contributed by atoms with Crippen molar-refractivity contribution in [1.82, 2.24) is 4.90 Å². The molecule has 1 fully saturated rings. The normalized spacial score (nSPS) is 23.3. The van der Waals surface area contributed by atoms with E-state index >= 15 is 0 Å². The minimum Gasteiger partial charge on any atom is -0.497 e. The van der Waals surface area contributed by atoms with Gasteiger partial charge < -0.3 is 9.47 Å². The molecule has 1 spiro atoms. The number of methoxy groups -OCH3 is 1. The number of rotatable bonds is 5. The molecule has 2 aromatic carbocycles. The molecule has 1 heterocycles. The van der Waals surface area contributed by atoms with Gasteiger partial charge in [-0.2, -0.15) is 0 Å². The minimum atomic E-state index is -0.316. The van der Waals surface area contributed by atoms with Crippen molar-refractivity contribution in [2.45, 2.75) is 38.5 Å². The van der Waals surface area contributed by atoms with E-state index in [4.69, 9.17) is 9.47 Å². The van der Waals surface area contributed by atoms with Crippen molar-refractivity contribution < 1.29 is 14.3 Å². The van der Waals surface area contributed by atoms with E-state index in [-0.39, 0.29) is 11.2 Å². The molecule has 2 aliphatic carbocycles. The molecule has 0 N–H and O–H groups in total. The van der Waals surface area contributed by atoms with Crippen LogP contribution in [0.1, 0.15) is 46.3 Å². The van der Waals surface area contributed by atoms with E-state index in [1.807, 2.05) is 12.1 Å². The van der Waals surface area contributed by atoms with Crippen LogP contribution in [0.15, 0.2) is 36.4 Å². The zero-order valence-electron chi connectivity index (χ0n) is 17.2. The van der Waals surface area contributed by atoms with Crippen molar-refractivity contribution in [3.63, 3.8) is 0 Å². The average molecular weight is 392 g/mol. The van der Waals surface area contributed by atoms with Crippen molar-refractivity contribution in [2.75, 3.05) is 33.4 Å². The lowest BCUT2D eigenvalue weighted by molar-refractivity contribution is 0.0831. The molecule has 152 valence electrons. The van der Waals surface area contributed by atoms with Gasteiger partial charge >= 0.3 is 0 Å². The predicted molar refractivity (Wildman–Crippen MR) is 113 cm³/mol. The zero-order valence-corrected chi connectivity index (χ0v) is 17.2. The summed E-state index contributed by atoms with van der Waals surface area (Å²) in [5.74, 6) is 1.96. The number of ether oxygens (including phenoxy) is 2. The molecular weight excluding hydrogens is 362 g/mol. The summed E-state index contributed by atoms with van der Waals surface area (Å²) in [6, 6.07) is 12.3. The van der Waals surface area contributed by atoms with Crippen LogP contribution in [0.5, 0.6) is 11.5 Å². The molecule has 4 nitrogen and oxygen atoms in total. The number of hydrogen-bond donors (Lipinski definition) is 0. The highest BCUT2D eigenvalue weighted by Crippen LogP contribution is 2.48. The van der Waals surface area contributed by atoms with Gasteiger partial charge in [0.15, 0.2) is 5.78 Å². The van der Waals surface area contributed by atoms with Crippen LogP contribution >= 0.6 is 0 Å². The summed E-state index contributed by atoms with van der Waals surface area (Å²) in [5.41, 5.74) is 4.25. The molecule has 5 rings (SSSR count). The van der Waals surface area contributed by atoms with Crippen LogP contribution in [-0.2, 0) is 19.3 Å². The Hall–Kier alpha value is -2.33. The fourth-order valence-electron chi connectivity index (χ4n) is 5.36. The summed E-state index contributed by atoms with van der Waals surface area (Å²) in [4.78, 5) is 15.8. The number of carbonyl (C=O) groups is 1. The van der Waals surface area contributed by atoms with Gasteiger partial charge in [-0.25, -0.2) is 0 Å². The molecule has 0 saturated carbocycles. The van der Waals surface area contributed by atoms with Gasteiger partial charge in [0.25, 0.3) is 0 Å². The number of Topliss-reactive ketones (excluding diaryl/α,β-unsaturated/α-hetero) is 1. The Morgan fingerprint density at radius 1 is 0.897 bits per heavy atom. The maximum absolute atomic E-state index is 13.3. The lowest BCUT2D eigenvalue weighted by atomic mass is 9.81. The van der Waals surface area contributed by atoms with Crippen molar-refractivity contribution >= 4 is 5.78 Å². The summed E-state index contributed by atoms with van der Waals surface area (Å²) in [6.45, 7) is 4.12. The molecule has 2 aromatic rings. The summed E-state index contributed by atoms with van der Waals surface area (Å²) in [6.07, 6.45) is 6.43. The summed E-state index contributed by atoms with van der Waals surface area (Å²) in [5, 5.41) is 0. The first kappa shape index (κ1) is 18.7. The van der Waals surface area contributed by atoms with Gasteiger partial charge in [-0.05, 0) is 86.1 Å². The number of carbonyl (C=O) groups excluding carboxylic acids is 1. The second kappa shape index (κ2) is 7.49. The summed E-state index contributed by atoms with van der Waals surface area (Å²) in [7, 11) is 1.65. The van der Waals surface area contributed by atoms with E-state index in [1.165, 1.54) is 43.5 Å². The van der Waals surface area contributed by atoms with Crippen LogP contribution in [0.2, 0.25) is 0 Å². The monoisotopic (exact) mass is 391 g/mol. The highest BCUT2D eigenvalue weighted by atomic mass is 16.5. The topological polar surface area (TPSA) is 38.8 Å². The highest BCUT2D eigenvalue weighted by Gasteiger charge is 2.49. The SMILES string of the molecule is COc1ccc2c(c1)C(=O)C1(Cc3ccc(OCCN4CCCCC4)cc3C1)C2. The van der Waals surface area contributed by atoms with Crippen molar-refractivity contribution in [2.24, 2.45) is 5.41 Å². The lowest BCUT2D eigenvalue weighted by Crippen LogP contribution is -2.33. The van der Waals surface area contributed by atoms with Gasteiger partial charge in [0.2, 0.25) is 0 Å². The number of likely N-dealkylation sites (tertiary alicyclic amines) is 1. The van der Waals surface area contributed by atoms with Crippen LogP contribution in [0.4, 0.5) is 0 Å². The Labute approximate surface area is 172 Å². The molecular formula is C25H29NO3. The Kier molecular flexibility index (Phi) is 4.83. The van der Waals surface area contributed by atoms with E-state index < -0.39 is 0 Å². The molecule has 0 aromatic heterocycles. The fourth-order valence-corrected chi connectivity index (χ4v) is 5.36. The van der Waals surface area contributed by atoms with Gasteiger partial charge in [0.05, 0.1) is 7.11 Å². The smallest absolute Gasteiger partial charge is 0.170 e. The molecule has 4 heteroatoms. The molecule has 0 radical (unpaired) electrons. The number of ketones is 1. The zero-order chi connectivity index (χ0) is 19.8. The molecule has 1 aliphatic heterocycles. The van der Waals surface area contributed by atoms with Crippen LogP contribution in [0.25, 0.3) is 0 Å². The summed E-state index contributed by atoms with van der Waals surface area (Å²) >= 11 is 0. The third-order valence-corrected chi connectivity index (χ3v) is 6.93. The maximum Gasteiger partial charge on any atom is 0.170 e. The van der Waals surface area contributed by atoms with E-state index in [0.717, 1.165) is 55.0 Å². The van der Waals surface area contributed by atoms with Gasteiger partial charge in [-0.15, -0.1) is 0 Å². The molecule has 1 saturated heterocycles.